The van der Waals surface area contributed by atoms with E-state index in [0.29, 0.717) is 19.7 Å². The number of rotatable bonds is 6. The first-order valence-corrected chi connectivity index (χ1v) is 6.80. The molecule has 1 aliphatic rings. The number of likely N-dealkylation sites (tertiary alicyclic amines) is 1. The number of piperidine rings is 1. The molecule has 1 aliphatic heterocycles. The highest BCUT2D eigenvalue weighted by atomic mass is 16.5. The highest BCUT2D eigenvalue weighted by Gasteiger charge is 2.17. The Kier molecular flexibility index (Phi) is 6.72. The molecule has 0 spiro atoms. The van der Waals surface area contributed by atoms with Crippen molar-refractivity contribution < 1.29 is 14.3 Å². The molecule has 0 saturated carbocycles. The largest absolute Gasteiger partial charge is 0.466 e. The number of esters is 1. The second-order valence-electron chi connectivity index (χ2n) is 4.73. The van der Waals surface area contributed by atoms with Crippen LogP contribution in [0.25, 0.3) is 0 Å². The Morgan fingerprint density at radius 1 is 1.28 bits per heavy atom. The van der Waals surface area contributed by atoms with Gasteiger partial charge in [0.1, 0.15) is 0 Å². The van der Waals surface area contributed by atoms with Gasteiger partial charge >= 0.3 is 5.97 Å². The molecular formula is C13H24N2O3. The van der Waals surface area contributed by atoms with Crippen LogP contribution in [0.15, 0.2) is 0 Å². The summed E-state index contributed by atoms with van der Waals surface area (Å²) < 4.78 is 4.90. The first-order chi connectivity index (χ1) is 8.65. The maximum atomic E-state index is 11.8. The lowest BCUT2D eigenvalue weighted by atomic mass is 10.1. The highest BCUT2D eigenvalue weighted by molar-refractivity contribution is 5.78. The maximum Gasteiger partial charge on any atom is 0.309 e. The third-order valence-electron chi connectivity index (χ3n) is 3.12. The van der Waals surface area contributed by atoms with Crippen LogP contribution in [0.2, 0.25) is 0 Å². The van der Waals surface area contributed by atoms with Crippen LogP contribution in [0.3, 0.4) is 0 Å². The number of nitrogens with one attached hydrogen (secondary N) is 1. The van der Waals surface area contributed by atoms with Crippen LogP contribution < -0.4 is 5.32 Å². The van der Waals surface area contributed by atoms with Gasteiger partial charge in [-0.3, -0.25) is 9.59 Å². The minimum Gasteiger partial charge on any atom is -0.466 e. The van der Waals surface area contributed by atoms with Gasteiger partial charge in [-0.2, -0.15) is 0 Å². The van der Waals surface area contributed by atoms with Crippen LogP contribution in [0.5, 0.6) is 0 Å². The van der Waals surface area contributed by atoms with E-state index in [0.717, 1.165) is 25.9 Å². The van der Waals surface area contributed by atoms with Crippen LogP contribution in [-0.4, -0.2) is 49.6 Å². The van der Waals surface area contributed by atoms with Crippen LogP contribution in [0.1, 0.15) is 33.1 Å². The van der Waals surface area contributed by atoms with E-state index in [1.54, 1.807) is 13.8 Å². The van der Waals surface area contributed by atoms with Crippen molar-refractivity contribution in [3.8, 4) is 0 Å². The van der Waals surface area contributed by atoms with Crippen molar-refractivity contribution in [3.05, 3.63) is 0 Å². The molecule has 5 heteroatoms. The number of hydrogen-bond donors (Lipinski definition) is 1. The lowest BCUT2D eigenvalue weighted by Crippen LogP contribution is -2.42. The molecule has 104 valence electrons. The van der Waals surface area contributed by atoms with E-state index in [2.05, 4.69) is 5.32 Å². The molecule has 0 bridgehead atoms. The lowest BCUT2D eigenvalue weighted by Gasteiger charge is -2.27. The van der Waals surface area contributed by atoms with Crippen LogP contribution in [0.4, 0.5) is 0 Å². The van der Waals surface area contributed by atoms with E-state index in [1.165, 1.54) is 6.42 Å². The summed E-state index contributed by atoms with van der Waals surface area (Å²) in [7, 11) is 0. The molecule has 5 nitrogen and oxygen atoms in total. The standard InChI is InChI=1S/C13H24N2O3/c1-3-18-13(17)11(2)9-14-10-12(16)15-7-5-4-6-8-15/h11,14H,3-10H2,1-2H3. The highest BCUT2D eigenvalue weighted by Crippen LogP contribution is 2.08. The molecule has 0 aromatic heterocycles. The summed E-state index contributed by atoms with van der Waals surface area (Å²) in [4.78, 5) is 25.1. The zero-order chi connectivity index (χ0) is 13.4. The Bertz CT molecular complexity index is 275. The number of nitrogens with zero attached hydrogens (tertiary/aromatic N) is 1. The van der Waals surface area contributed by atoms with Crippen molar-refractivity contribution in [3.63, 3.8) is 0 Å². The number of carbonyl (C=O) groups excluding carboxylic acids is 2. The Labute approximate surface area is 109 Å². The second-order valence-corrected chi connectivity index (χ2v) is 4.73. The first-order valence-electron chi connectivity index (χ1n) is 6.80. The molecule has 1 atom stereocenters. The van der Waals surface area contributed by atoms with E-state index in [9.17, 15) is 9.59 Å². The smallest absolute Gasteiger partial charge is 0.309 e. The molecule has 0 radical (unpaired) electrons. The first kappa shape index (κ1) is 15.0. The zero-order valence-corrected chi connectivity index (χ0v) is 11.4. The van der Waals surface area contributed by atoms with E-state index < -0.39 is 0 Å². The predicted molar refractivity (Wildman–Crippen MR) is 69.1 cm³/mol. The topological polar surface area (TPSA) is 58.6 Å². The van der Waals surface area contributed by atoms with Crippen LogP contribution >= 0.6 is 0 Å². The van der Waals surface area contributed by atoms with Crippen molar-refractivity contribution in [2.45, 2.75) is 33.1 Å². The Morgan fingerprint density at radius 2 is 1.94 bits per heavy atom. The van der Waals surface area contributed by atoms with Crippen LogP contribution in [0, 0.1) is 5.92 Å². The number of hydrogen-bond acceptors (Lipinski definition) is 4. The number of ether oxygens (including phenoxy) is 1. The van der Waals surface area contributed by atoms with Crippen molar-refractivity contribution in [1.29, 1.82) is 0 Å². The average molecular weight is 256 g/mol. The fourth-order valence-corrected chi connectivity index (χ4v) is 2.02. The van der Waals surface area contributed by atoms with Gasteiger partial charge < -0.3 is 15.0 Å². The monoisotopic (exact) mass is 256 g/mol. The Hall–Kier alpha value is -1.10. The van der Waals surface area contributed by atoms with Gasteiger partial charge in [0.2, 0.25) is 5.91 Å². The SMILES string of the molecule is CCOC(=O)C(C)CNCC(=O)N1CCCCC1. The molecule has 18 heavy (non-hydrogen) atoms. The van der Waals surface area contributed by atoms with Gasteiger partial charge in [0.25, 0.3) is 0 Å². The molecular weight excluding hydrogens is 232 g/mol. The predicted octanol–water partition coefficient (Wildman–Crippen LogP) is 0.788. The minimum atomic E-state index is -0.213. The van der Waals surface area contributed by atoms with Gasteiger partial charge in [0.05, 0.1) is 19.1 Å². The van der Waals surface area contributed by atoms with E-state index in [4.69, 9.17) is 4.74 Å². The third kappa shape index (κ3) is 5.04. The maximum absolute atomic E-state index is 11.8. The molecule has 1 amide bonds. The summed E-state index contributed by atoms with van der Waals surface area (Å²) in [6.07, 6.45) is 3.42. The molecule has 1 saturated heterocycles. The summed E-state index contributed by atoms with van der Waals surface area (Å²) >= 11 is 0. The quantitative estimate of drug-likeness (QED) is 0.714. The zero-order valence-electron chi connectivity index (χ0n) is 11.4. The van der Waals surface area contributed by atoms with Gasteiger partial charge in [0.15, 0.2) is 0 Å². The average Bonchev–Trinajstić information content (AvgIpc) is 2.39. The molecule has 0 aromatic carbocycles. The fraction of sp³-hybridized carbons (Fsp3) is 0.846. The summed E-state index contributed by atoms with van der Waals surface area (Å²) in [5.41, 5.74) is 0. The normalized spacial score (nSPS) is 17.3. The van der Waals surface area contributed by atoms with Crippen molar-refractivity contribution in [2.75, 3.05) is 32.8 Å². The van der Waals surface area contributed by atoms with E-state index in [1.807, 2.05) is 4.90 Å². The third-order valence-corrected chi connectivity index (χ3v) is 3.12. The Balaban J connectivity index is 2.16. The summed E-state index contributed by atoms with van der Waals surface area (Å²) in [5, 5.41) is 3.03. The number of carbonyl (C=O) groups is 2. The van der Waals surface area contributed by atoms with E-state index in [-0.39, 0.29) is 17.8 Å². The molecule has 0 aliphatic carbocycles. The van der Waals surface area contributed by atoms with Gasteiger partial charge in [0, 0.05) is 19.6 Å². The fourth-order valence-electron chi connectivity index (χ4n) is 2.02. The van der Waals surface area contributed by atoms with Gasteiger partial charge in [-0.1, -0.05) is 6.92 Å². The van der Waals surface area contributed by atoms with Crippen molar-refractivity contribution in [1.82, 2.24) is 10.2 Å². The molecule has 1 fully saturated rings. The van der Waals surface area contributed by atoms with Crippen molar-refractivity contribution in [2.24, 2.45) is 5.92 Å². The molecule has 1 N–H and O–H groups in total. The van der Waals surface area contributed by atoms with Gasteiger partial charge in [-0.25, -0.2) is 0 Å². The minimum absolute atomic E-state index is 0.130. The molecule has 0 aromatic rings. The summed E-state index contributed by atoms with van der Waals surface area (Å²) in [6, 6.07) is 0. The van der Waals surface area contributed by atoms with Crippen molar-refractivity contribution >= 4 is 11.9 Å². The summed E-state index contributed by atoms with van der Waals surface area (Å²) in [6.45, 7) is 6.52. The molecule has 1 unspecified atom stereocenters. The second kappa shape index (κ2) is 8.08. The van der Waals surface area contributed by atoms with Crippen LogP contribution in [-0.2, 0) is 14.3 Å². The lowest BCUT2D eigenvalue weighted by molar-refractivity contribution is -0.147. The van der Waals surface area contributed by atoms with Gasteiger partial charge in [-0.15, -0.1) is 0 Å². The van der Waals surface area contributed by atoms with Gasteiger partial charge in [-0.05, 0) is 26.2 Å². The molecule has 1 heterocycles. The summed E-state index contributed by atoms with van der Waals surface area (Å²) in [5.74, 6) is -0.291. The molecule has 1 rings (SSSR count). The number of amides is 1. The van der Waals surface area contributed by atoms with E-state index >= 15 is 0 Å². The Morgan fingerprint density at radius 3 is 2.56 bits per heavy atom.